The Morgan fingerprint density at radius 1 is 0.659 bits per heavy atom. The van der Waals surface area contributed by atoms with Crippen LogP contribution in [0, 0.1) is 6.07 Å². The van der Waals surface area contributed by atoms with E-state index in [1.165, 1.54) is 5.56 Å². The molecule has 2 heterocycles. The molecule has 0 fully saturated rings. The van der Waals surface area contributed by atoms with E-state index in [0.717, 1.165) is 44.7 Å². The number of hydrogen-bond acceptors (Lipinski definition) is 3. The first-order valence-corrected chi connectivity index (χ1v) is 14.4. The van der Waals surface area contributed by atoms with Crippen molar-refractivity contribution < 1.29 is 26.2 Å². The third-order valence-electron chi connectivity index (χ3n) is 8.18. The van der Waals surface area contributed by atoms with E-state index in [-0.39, 0.29) is 32.2 Å². The van der Waals surface area contributed by atoms with Gasteiger partial charge in [-0.1, -0.05) is 104 Å². The fraction of sp³-hybridized carbons (Fsp3) is 0.0769. The number of nitrogens with zero attached hydrogens (tertiary/aromatic N) is 3. The third-order valence-corrected chi connectivity index (χ3v) is 8.18. The fourth-order valence-electron chi connectivity index (χ4n) is 5.76. The normalized spacial score (nSPS) is 11.3. The van der Waals surface area contributed by atoms with Gasteiger partial charge >= 0.3 is 0 Å². The first-order valence-electron chi connectivity index (χ1n) is 14.4. The number of benzene rings is 5. The molecule has 1 N–H and O–H groups in total. The number of rotatable bonds is 6. The number of aromatic hydroxyl groups is 1. The van der Waals surface area contributed by atoms with E-state index in [9.17, 15) is 5.11 Å². The van der Waals surface area contributed by atoms with Crippen LogP contribution < -0.4 is 0 Å². The zero-order valence-electron chi connectivity index (χ0n) is 24.4. The van der Waals surface area contributed by atoms with Gasteiger partial charge in [0.15, 0.2) is 0 Å². The van der Waals surface area contributed by atoms with Crippen LogP contribution in [0.15, 0.2) is 140 Å². The molecule has 0 saturated carbocycles. The van der Waals surface area contributed by atoms with Gasteiger partial charge in [0.2, 0.25) is 0 Å². The molecule has 0 aliphatic carbocycles. The van der Waals surface area contributed by atoms with Crippen molar-refractivity contribution in [2.75, 3.05) is 0 Å². The number of para-hydroxylation sites is 2. The summed E-state index contributed by atoms with van der Waals surface area (Å²) in [6.45, 7) is 4.42. The molecule has 4 nitrogen and oxygen atoms in total. The van der Waals surface area contributed by atoms with Crippen LogP contribution in [0.2, 0.25) is 0 Å². The second-order valence-corrected chi connectivity index (χ2v) is 11.2. The Hall–Kier alpha value is -4.79. The van der Waals surface area contributed by atoms with Crippen molar-refractivity contribution in [3.05, 3.63) is 157 Å². The molecule has 7 rings (SSSR count). The van der Waals surface area contributed by atoms with Crippen molar-refractivity contribution >= 4 is 11.0 Å². The zero-order chi connectivity index (χ0) is 29.4. The standard InChI is InChI=1S/C39H30N3O.Pt/c1-39(2,29-15-5-3-6-16-29)30-22-23-36(43)33(26-30)38-41-37-32(19-12-21-35(37)42(38)31-17-7-4-8-18-31)27-13-11-14-28(25-27)34-20-9-10-24-40-34;/h3-24,26,43H,1-2H3;/q-1;. The van der Waals surface area contributed by atoms with Crippen LogP contribution in [0.3, 0.4) is 0 Å². The molecule has 5 heteroatoms. The Morgan fingerprint density at radius 2 is 1.36 bits per heavy atom. The van der Waals surface area contributed by atoms with Gasteiger partial charge in [-0.3, -0.25) is 9.55 Å². The van der Waals surface area contributed by atoms with Crippen LogP contribution in [0.1, 0.15) is 25.0 Å². The molecule has 44 heavy (non-hydrogen) atoms. The van der Waals surface area contributed by atoms with Gasteiger partial charge in [-0.05, 0) is 47.5 Å². The van der Waals surface area contributed by atoms with Crippen molar-refractivity contribution in [2.24, 2.45) is 0 Å². The van der Waals surface area contributed by atoms with E-state index < -0.39 is 0 Å². The molecule has 5 aromatic carbocycles. The average molecular weight is 752 g/mol. The number of imidazole rings is 1. The van der Waals surface area contributed by atoms with Gasteiger partial charge in [0.05, 0.1) is 16.6 Å². The van der Waals surface area contributed by atoms with E-state index in [1.807, 2.05) is 60.7 Å². The van der Waals surface area contributed by atoms with Crippen molar-refractivity contribution in [3.8, 4) is 45.2 Å². The topological polar surface area (TPSA) is 50.9 Å². The summed E-state index contributed by atoms with van der Waals surface area (Å²) in [5, 5.41) is 11.3. The number of phenols is 1. The number of phenolic OH excluding ortho intramolecular Hbond substituents is 1. The molecule has 0 aliphatic rings. The molecule has 7 aromatic rings. The van der Waals surface area contributed by atoms with Crippen molar-refractivity contribution in [1.82, 2.24) is 14.5 Å². The molecule has 218 valence electrons. The van der Waals surface area contributed by atoms with Crippen LogP contribution >= 0.6 is 0 Å². The minimum absolute atomic E-state index is 0. The van der Waals surface area contributed by atoms with Gasteiger partial charge in [-0.15, -0.1) is 29.8 Å². The smallest absolute Gasteiger partial charge is 0.148 e. The molecule has 0 atom stereocenters. The minimum Gasteiger partial charge on any atom is -0.507 e. The first kappa shape index (κ1) is 29.3. The Morgan fingerprint density at radius 3 is 2.11 bits per heavy atom. The van der Waals surface area contributed by atoms with Gasteiger partial charge in [0.1, 0.15) is 11.6 Å². The molecule has 0 amide bonds. The molecule has 2 aromatic heterocycles. The monoisotopic (exact) mass is 751 g/mol. The van der Waals surface area contributed by atoms with Crippen molar-refractivity contribution in [3.63, 3.8) is 0 Å². The molecule has 0 saturated heterocycles. The second-order valence-electron chi connectivity index (χ2n) is 11.2. The minimum atomic E-state index is -0.278. The SMILES string of the molecule is CC(C)(c1ccccc1)c1ccc(O)c(-c2nc3c(-c4[c-]c(-c5ccccn5)ccc4)cccc3n2-c2ccccc2)c1.[Pt]. The molecule has 0 bridgehead atoms. The summed E-state index contributed by atoms with van der Waals surface area (Å²) < 4.78 is 2.13. The maximum Gasteiger partial charge on any atom is 0.148 e. The van der Waals surface area contributed by atoms with Gasteiger partial charge in [-0.25, -0.2) is 4.98 Å². The number of aromatic nitrogens is 3. The Balaban J connectivity index is 0.00000343. The maximum absolute atomic E-state index is 11.3. The number of pyridine rings is 1. The summed E-state index contributed by atoms with van der Waals surface area (Å²) in [7, 11) is 0. The van der Waals surface area contributed by atoms with Gasteiger partial charge in [0.25, 0.3) is 0 Å². The van der Waals surface area contributed by atoms with Gasteiger partial charge in [-0.2, -0.15) is 0 Å². The van der Waals surface area contributed by atoms with Crippen LogP contribution in [0.5, 0.6) is 5.75 Å². The molecular weight excluding hydrogens is 722 g/mol. The molecule has 0 aliphatic heterocycles. The molecule has 0 spiro atoms. The summed E-state index contributed by atoms with van der Waals surface area (Å²) in [6, 6.07) is 48.3. The Kier molecular flexibility index (Phi) is 8.03. The summed E-state index contributed by atoms with van der Waals surface area (Å²) >= 11 is 0. The molecular formula is C39H30N3OPt-. The average Bonchev–Trinajstić information content (AvgIpc) is 3.46. The van der Waals surface area contributed by atoms with E-state index in [4.69, 9.17) is 4.98 Å². The largest absolute Gasteiger partial charge is 0.507 e. The van der Waals surface area contributed by atoms with Crippen LogP contribution in [-0.2, 0) is 26.5 Å². The van der Waals surface area contributed by atoms with Gasteiger partial charge < -0.3 is 5.11 Å². The van der Waals surface area contributed by atoms with Crippen LogP contribution in [0.25, 0.3) is 50.5 Å². The van der Waals surface area contributed by atoms with E-state index in [2.05, 4.69) is 96.2 Å². The fourth-order valence-corrected chi connectivity index (χ4v) is 5.76. The van der Waals surface area contributed by atoms with Gasteiger partial charge in [0, 0.05) is 44.1 Å². The van der Waals surface area contributed by atoms with E-state index in [1.54, 1.807) is 12.3 Å². The summed E-state index contributed by atoms with van der Waals surface area (Å²) in [6.07, 6.45) is 1.80. The maximum atomic E-state index is 11.3. The number of fused-ring (bicyclic) bond motifs is 1. The summed E-state index contributed by atoms with van der Waals surface area (Å²) in [5.74, 6) is 0.864. The van der Waals surface area contributed by atoms with E-state index >= 15 is 0 Å². The number of hydrogen-bond donors (Lipinski definition) is 1. The van der Waals surface area contributed by atoms with E-state index in [0.29, 0.717) is 11.4 Å². The van der Waals surface area contributed by atoms with Crippen molar-refractivity contribution in [1.29, 1.82) is 0 Å². The zero-order valence-corrected chi connectivity index (χ0v) is 26.7. The second kappa shape index (κ2) is 12.1. The summed E-state index contributed by atoms with van der Waals surface area (Å²) in [5.41, 5.74) is 9.14. The third kappa shape index (κ3) is 5.27. The first-order chi connectivity index (χ1) is 21.0. The quantitative estimate of drug-likeness (QED) is 0.173. The van der Waals surface area contributed by atoms with Crippen LogP contribution in [-0.4, -0.2) is 19.6 Å². The van der Waals surface area contributed by atoms with Crippen LogP contribution in [0.4, 0.5) is 0 Å². The predicted molar refractivity (Wildman–Crippen MR) is 174 cm³/mol. The van der Waals surface area contributed by atoms with Crippen molar-refractivity contribution in [2.45, 2.75) is 19.3 Å². The molecule has 0 unspecified atom stereocenters. The summed E-state index contributed by atoms with van der Waals surface area (Å²) in [4.78, 5) is 9.79. The Labute approximate surface area is 272 Å². The predicted octanol–water partition coefficient (Wildman–Crippen LogP) is 9.25. The Bertz CT molecular complexity index is 2050. The molecule has 0 radical (unpaired) electrons.